The highest BCUT2D eigenvalue weighted by Crippen LogP contribution is 2.09. The van der Waals surface area contributed by atoms with E-state index in [0.717, 1.165) is 0 Å². The van der Waals surface area contributed by atoms with Gasteiger partial charge in [-0.2, -0.15) is 5.26 Å². The molecule has 0 amide bonds. The number of rotatable bonds is 4. The van der Waals surface area contributed by atoms with E-state index in [-0.39, 0.29) is 23.7 Å². The van der Waals surface area contributed by atoms with Crippen molar-refractivity contribution in [3.63, 3.8) is 0 Å². The van der Waals surface area contributed by atoms with Crippen LogP contribution in [-0.2, 0) is 7.05 Å². The Hall–Kier alpha value is -2.74. The van der Waals surface area contributed by atoms with Crippen molar-refractivity contribution in [2.45, 2.75) is 6.42 Å². The number of imidazole rings is 1. The summed E-state index contributed by atoms with van der Waals surface area (Å²) >= 11 is 0. The quantitative estimate of drug-likeness (QED) is 0.614. The van der Waals surface area contributed by atoms with Crippen molar-refractivity contribution >= 4 is 11.6 Å². The number of Topliss-reactive ketones (excluding diaryl/α,β-unsaturated/α-hetero) is 2. The van der Waals surface area contributed by atoms with Crippen LogP contribution in [-0.4, -0.2) is 21.1 Å². The molecule has 0 bridgehead atoms. The van der Waals surface area contributed by atoms with Gasteiger partial charge in [-0.3, -0.25) is 9.59 Å². The largest absolute Gasteiger partial charge is 0.340 e. The second-order valence-corrected chi connectivity index (χ2v) is 4.14. The van der Waals surface area contributed by atoms with Gasteiger partial charge in [-0.15, -0.1) is 0 Å². The van der Waals surface area contributed by atoms with Gasteiger partial charge in [-0.05, 0) is 12.1 Å². The third-order valence-corrected chi connectivity index (χ3v) is 2.63. The second-order valence-electron chi connectivity index (χ2n) is 4.14. The number of hydrogen-bond donors (Lipinski definition) is 0. The maximum Gasteiger partial charge on any atom is 0.190 e. The molecule has 94 valence electrons. The molecule has 1 heterocycles. The van der Waals surface area contributed by atoms with Crippen LogP contribution in [0, 0.1) is 11.3 Å². The highest BCUT2D eigenvalue weighted by atomic mass is 16.1. The number of aromatic nitrogens is 2. The lowest BCUT2D eigenvalue weighted by atomic mass is 10.0. The third-order valence-electron chi connectivity index (χ3n) is 2.63. The van der Waals surface area contributed by atoms with Crippen molar-refractivity contribution in [1.29, 1.82) is 5.26 Å². The zero-order valence-electron chi connectivity index (χ0n) is 10.3. The maximum atomic E-state index is 11.9. The predicted molar refractivity (Wildman–Crippen MR) is 67.6 cm³/mol. The van der Waals surface area contributed by atoms with Crippen LogP contribution in [0.25, 0.3) is 0 Å². The molecule has 1 aromatic carbocycles. The van der Waals surface area contributed by atoms with E-state index in [9.17, 15) is 9.59 Å². The Kier molecular flexibility index (Phi) is 3.53. The van der Waals surface area contributed by atoms with Gasteiger partial charge in [-0.1, -0.05) is 12.1 Å². The highest BCUT2D eigenvalue weighted by Gasteiger charge is 2.15. The van der Waals surface area contributed by atoms with E-state index in [1.807, 2.05) is 6.07 Å². The smallest absolute Gasteiger partial charge is 0.190 e. The number of benzene rings is 1. The molecule has 0 aliphatic heterocycles. The molecule has 0 saturated heterocycles. The number of aryl methyl sites for hydroxylation is 1. The van der Waals surface area contributed by atoms with Crippen molar-refractivity contribution in [3.8, 4) is 6.07 Å². The van der Waals surface area contributed by atoms with Gasteiger partial charge in [0.15, 0.2) is 11.6 Å². The van der Waals surface area contributed by atoms with Crippen LogP contribution >= 0.6 is 0 Å². The van der Waals surface area contributed by atoms with Gasteiger partial charge in [0.05, 0.1) is 24.4 Å². The standard InChI is InChI=1S/C14H11N3O2/c1-17-8-12(16-9-17)14(19)6-13(18)11-4-2-3-10(5-11)7-15/h2-5,8-9H,6H2,1H3. The van der Waals surface area contributed by atoms with E-state index in [1.54, 1.807) is 36.0 Å². The Balaban J connectivity index is 2.13. The van der Waals surface area contributed by atoms with Crippen LogP contribution < -0.4 is 0 Å². The fraction of sp³-hybridized carbons (Fsp3) is 0.143. The molecule has 5 heteroatoms. The molecule has 19 heavy (non-hydrogen) atoms. The molecular formula is C14H11N3O2. The lowest BCUT2D eigenvalue weighted by Crippen LogP contribution is -2.09. The molecule has 0 aliphatic rings. The molecule has 0 N–H and O–H groups in total. The Morgan fingerprint density at radius 3 is 2.79 bits per heavy atom. The number of hydrogen-bond acceptors (Lipinski definition) is 4. The summed E-state index contributed by atoms with van der Waals surface area (Å²) in [5.41, 5.74) is 1.03. The van der Waals surface area contributed by atoms with Crippen molar-refractivity contribution in [2.75, 3.05) is 0 Å². The van der Waals surface area contributed by atoms with Gasteiger partial charge in [0.25, 0.3) is 0 Å². The molecule has 2 aromatic rings. The fourth-order valence-corrected chi connectivity index (χ4v) is 1.66. The minimum atomic E-state index is -0.326. The molecule has 1 aromatic heterocycles. The molecule has 0 radical (unpaired) electrons. The van der Waals surface area contributed by atoms with E-state index >= 15 is 0 Å². The normalized spacial score (nSPS) is 9.89. The molecule has 0 fully saturated rings. The SMILES string of the molecule is Cn1cnc(C(=O)CC(=O)c2cccc(C#N)c2)c1. The number of nitrogens with zero attached hydrogens (tertiary/aromatic N) is 3. The van der Waals surface area contributed by atoms with Crippen LogP contribution in [0.5, 0.6) is 0 Å². The first kappa shape index (κ1) is 12.7. The zero-order chi connectivity index (χ0) is 13.8. The first-order valence-corrected chi connectivity index (χ1v) is 5.64. The monoisotopic (exact) mass is 253 g/mol. The molecule has 0 spiro atoms. The number of nitriles is 1. The Morgan fingerprint density at radius 2 is 2.16 bits per heavy atom. The van der Waals surface area contributed by atoms with E-state index in [4.69, 9.17) is 5.26 Å². The van der Waals surface area contributed by atoms with Gasteiger partial charge in [0.1, 0.15) is 5.69 Å². The van der Waals surface area contributed by atoms with Crippen LogP contribution in [0.2, 0.25) is 0 Å². The van der Waals surface area contributed by atoms with Gasteiger partial charge >= 0.3 is 0 Å². The minimum absolute atomic E-state index is 0.244. The summed E-state index contributed by atoms with van der Waals surface area (Å²) in [5, 5.41) is 8.77. The van der Waals surface area contributed by atoms with Crippen molar-refractivity contribution in [2.24, 2.45) is 7.05 Å². The van der Waals surface area contributed by atoms with Crippen LogP contribution in [0.15, 0.2) is 36.8 Å². The molecule has 0 saturated carbocycles. The van der Waals surface area contributed by atoms with Crippen LogP contribution in [0.3, 0.4) is 0 Å². The first-order valence-electron chi connectivity index (χ1n) is 5.64. The average molecular weight is 253 g/mol. The number of carbonyl (C=O) groups excluding carboxylic acids is 2. The molecule has 2 rings (SSSR count). The van der Waals surface area contributed by atoms with E-state index in [2.05, 4.69) is 4.98 Å². The number of carbonyl (C=O) groups is 2. The molecule has 0 unspecified atom stereocenters. The summed E-state index contributed by atoms with van der Waals surface area (Å²) in [4.78, 5) is 27.7. The third kappa shape index (κ3) is 2.93. The summed E-state index contributed by atoms with van der Waals surface area (Å²) in [5.74, 6) is -0.638. The van der Waals surface area contributed by atoms with Crippen LogP contribution in [0.1, 0.15) is 32.8 Å². The molecule has 0 atom stereocenters. The van der Waals surface area contributed by atoms with E-state index in [0.29, 0.717) is 11.1 Å². The van der Waals surface area contributed by atoms with Gasteiger partial charge in [0.2, 0.25) is 0 Å². The summed E-state index contributed by atoms with van der Waals surface area (Å²) in [6, 6.07) is 8.26. The average Bonchev–Trinajstić information content (AvgIpc) is 2.85. The second kappa shape index (κ2) is 5.27. The number of ketones is 2. The van der Waals surface area contributed by atoms with Crippen molar-refractivity contribution in [1.82, 2.24) is 9.55 Å². The van der Waals surface area contributed by atoms with E-state index in [1.165, 1.54) is 12.4 Å². The Morgan fingerprint density at radius 1 is 1.37 bits per heavy atom. The molecular weight excluding hydrogens is 242 g/mol. The lowest BCUT2D eigenvalue weighted by molar-refractivity contribution is 0.0891. The maximum absolute atomic E-state index is 11.9. The van der Waals surface area contributed by atoms with Gasteiger partial charge in [0, 0.05) is 18.8 Å². The summed E-state index contributed by atoms with van der Waals surface area (Å²) in [6.07, 6.45) is 2.83. The van der Waals surface area contributed by atoms with E-state index < -0.39 is 0 Å². The predicted octanol–water partition coefficient (Wildman–Crippen LogP) is 1.75. The minimum Gasteiger partial charge on any atom is -0.340 e. The van der Waals surface area contributed by atoms with Crippen molar-refractivity contribution < 1.29 is 9.59 Å². The molecule has 0 aliphatic carbocycles. The first-order chi connectivity index (χ1) is 9.10. The Bertz CT molecular complexity index is 680. The Labute approximate surface area is 110 Å². The van der Waals surface area contributed by atoms with Gasteiger partial charge in [-0.25, -0.2) is 4.98 Å². The topological polar surface area (TPSA) is 75.8 Å². The molecule has 5 nitrogen and oxygen atoms in total. The van der Waals surface area contributed by atoms with Crippen molar-refractivity contribution in [3.05, 3.63) is 53.6 Å². The highest BCUT2D eigenvalue weighted by molar-refractivity contribution is 6.12. The summed E-state index contributed by atoms with van der Waals surface area (Å²) in [6.45, 7) is 0. The summed E-state index contributed by atoms with van der Waals surface area (Å²) in [7, 11) is 1.75. The fourth-order valence-electron chi connectivity index (χ4n) is 1.66. The van der Waals surface area contributed by atoms with Gasteiger partial charge < -0.3 is 4.57 Å². The lowest BCUT2D eigenvalue weighted by Gasteiger charge is -1.99. The zero-order valence-corrected chi connectivity index (χ0v) is 10.3. The summed E-state index contributed by atoms with van der Waals surface area (Å²) < 4.78 is 1.65. The van der Waals surface area contributed by atoms with Crippen LogP contribution in [0.4, 0.5) is 0 Å².